The van der Waals surface area contributed by atoms with Crippen LogP contribution in [0.2, 0.25) is 0 Å². The minimum absolute atomic E-state index is 0.0363. The van der Waals surface area contributed by atoms with Crippen LogP contribution in [0, 0.1) is 6.92 Å². The van der Waals surface area contributed by atoms with Crippen LogP contribution in [-0.2, 0) is 21.2 Å². The third kappa shape index (κ3) is 4.36. The number of carboxylic acid groups (broad SMARTS) is 1. The number of hydrogen-bond donors (Lipinski definition) is 2. The molecule has 0 bridgehead atoms. The normalized spacial score (nSPS) is 11.6. The van der Waals surface area contributed by atoms with E-state index in [-0.39, 0.29) is 13.0 Å². The minimum atomic E-state index is -3.78. The van der Waals surface area contributed by atoms with Crippen molar-refractivity contribution in [3.63, 3.8) is 0 Å². The number of aromatic nitrogens is 2. The van der Waals surface area contributed by atoms with Gasteiger partial charge >= 0.3 is 5.97 Å². The van der Waals surface area contributed by atoms with Gasteiger partial charge in [0.1, 0.15) is 0 Å². The summed E-state index contributed by atoms with van der Waals surface area (Å²) in [7, 11) is -3.78. The smallest absolute Gasteiger partial charge is 0.320 e. The Morgan fingerprint density at radius 2 is 2.25 bits per heavy atom. The maximum atomic E-state index is 11.1. The van der Waals surface area contributed by atoms with Gasteiger partial charge in [0.25, 0.3) is 0 Å². The second kappa shape index (κ2) is 5.03. The lowest BCUT2D eigenvalue weighted by molar-refractivity contribution is -0.134. The number of hydrogen-bond acceptors (Lipinski definition) is 6. The Hall–Kier alpha value is -1.48. The number of rotatable bonds is 6. The lowest BCUT2D eigenvalue weighted by Crippen LogP contribution is -2.31. The molecule has 0 aliphatic heterocycles. The molecular formula is C7H11N3O5S. The van der Waals surface area contributed by atoms with E-state index in [4.69, 9.17) is 5.11 Å². The minimum Gasteiger partial charge on any atom is -0.480 e. The average molecular weight is 249 g/mol. The van der Waals surface area contributed by atoms with Crippen LogP contribution >= 0.6 is 0 Å². The lowest BCUT2D eigenvalue weighted by atomic mass is 10.4. The third-order valence-electron chi connectivity index (χ3n) is 1.55. The van der Waals surface area contributed by atoms with Gasteiger partial charge in [0.15, 0.2) is 11.6 Å². The van der Waals surface area contributed by atoms with Crippen molar-refractivity contribution in [2.45, 2.75) is 13.3 Å². The highest BCUT2D eigenvalue weighted by molar-refractivity contribution is 7.90. The van der Waals surface area contributed by atoms with E-state index < -0.39 is 21.7 Å². The highest BCUT2D eigenvalue weighted by Crippen LogP contribution is 1.95. The molecule has 0 radical (unpaired) electrons. The molecule has 1 rings (SSSR count). The van der Waals surface area contributed by atoms with Crippen molar-refractivity contribution in [1.29, 1.82) is 0 Å². The number of sulfonamides is 1. The van der Waals surface area contributed by atoms with E-state index in [1.807, 2.05) is 0 Å². The number of nitrogens with one attached hydrogen (secondary N) is 1. The first-order chi connectivity index (χ1) is 7.39. The molecule has 9 heteroatoms. The van der Waals surface area contributed by atoms with Gasteiger partial charge in [-0.05, 0) is 0 Å². The van der Waals surface area contributed by atoms with Crippen LogP contribution < -0.4 is 4.72 Å². The summed E-state index contributed by atoms with van der Waals surface area (Å²) in [5, 5.41) is 11.9. The van der Waals surface area contributed by atoms with Gasteiger partial charge in [0.2, 0.25) is 15.9 Å². The van der Waals surface area contributed by atoms with E-state index in [9.17, 15) is 13.2 Å². The Bertz CT molecular complexity index is 466. The summed E-state index contributed by atoms with van der Waals surface area (Å²) in [6, 6.07) is 0. The van der Waals surface area contributed by atoms with E-state index >= 15 is 0 Å². The van der Waals surface area contributed by atoms with E-state index in [2.05, 4.69) is 19.4 Å². The van der Waals surface area contributed by atoms with Gasteiger partial charge in [-0.3, -0.25) is 4.79 Å². The van der Waals surface area contributed by atoms with E-state index in [0.29, 0.717) is 11.7 Å². The third-order valence-corrected chi connectivity index (χ3v) is 2.82. The predicted octanol–water partition coefficient (Wildman–Crippen LogP) is -1.08. The maximum Gasteiger partial charge on any atom is 0.320 e. The summed E-state index contributed by atoms with van der Waals surface area (Å²) in [6.07, 6.45) is 0.246. The molecule has 0 saturated heterocycles. The monoisotopic (exact) mass is 249 g/mol. The first-order valence-corrected chi connectivity index (χ1v) is 6.02. The Labute approximate surface area is 91.7 Å². The Kier molecular flexibility index (Phi) is 3.96. The van der Waals surface area contributed by atoms with Crippen molar-refractivity contribution in [1.82, 2.24) is 14.9 Å². The standard InChI is InChI=1S/C7H11N3O5S/c1-5-9-6(10-15-5)2-3-8-16(13,14)4-7(11)12/h8H,2-4H2,1H3,(H,11,12). The molecule has 2 N–H and O–H groups in total. The van der Waals surface area contributed by atoms with Crippen molar-refractivity contribution in [2.24, 2.45) is 0 Å². The fraction of sp³-hybridized carbons (Fsp3) is 0.571. The van der Waals surface area contributed by atoms with E-state index in [1.165, 1.54) is 0 Å². The zero-order valence-electron chi connectivity index (χ0n) is 8.50. The second-order valence-electron chi connectivity index (χ2n) is 3.03. The maximum absolute atomic E-state index is 11.1. The van der Waals surface area contributed by atoms with Crippen molar-refractivity contribution in [2.75, 3.05) is 12.3 Å². The molecule has 1 aromatic rings. The Morgan fingerprint density at radius 1 is 1.56 bits per heavy atom. The fourth-order valence-electron chi connectivity index (χ4n) is 0.975. The van der Waals surface area contributed by atoms with Gasteiger partial charge in [-0.25, -0.2) is 13.1 Å². The topological polar surface area (TPSA) is 122 Å². The van der Waals surface area contributed by atoms with E-state index in [0.717, 1.165) is 0 Å². The lowest BCUT2D eigenvalue weighted by Gasteiger charge is -2.01. The molecule has 0 amide bonds. The quantitative estimate of drug-likeness (QED) is 0.657. The molecule has 0 spiro atoms. The van der Waals surface area contributed by atoms with Crippen LogP contribution in [0.5, 0.6) is 0 Å². The van der Waals surface area contributed by atoms with Crippen molar-refractivity contribution in [3.05, 3.63) is 11.7 Å². The molecule has 0 fully saturated rings. The van der Waals surface area contributed by atoms with Crippen LogP contribution in [0.1, 0.15) is 11.7 Å². The number of carboxylic acids is 1. The molecule has 0 aliphatic carbocycles. The number of aliphatic carboxylic acids is 1. The first kappa shape index (κ1) is 12.6. The Morgan fingerprint density at radius 3 is 2.75 bits per heavy atom. The Balaban J connectivity index is 2.38. The molecule has 90 valence electrons. The molecule has 1 heterocycles. The van der Waals surface area contributed by atoms with Crippen molar-refractivity contribution in [3.8, 4) is 0 Å². The summed E-state index contributed by atoms with van der Waals surface area (Å²) in [5.41, 5.74) is 0. The van der Waals surface area contributed by atoms with Gasteiger partial charge in [-0.2, -0.15) is 4.98 Å². The number of carbonyl (C=O) groups is 1. The zero-order valence-corrected chi connectivity index (χ0v) is 9.32. The van der Waals surface area contributed by atoms with Gasteiger partial charge in [-0.15, -0.1) is 0 Å². The van der Waals surface area contributed by atoms with Gasteiger partial charge in [0.05, 0.1) is 0 Å². The molecule has 0 aliphatic rings. The molecule has 0 unspecified atom stereocenters. The number of aryl methyl sites for hydroxylation is 1. The summed E-state index contributed by atoms with van der Waals surface area (Å²) in [6.45, 7) is 1.65. The van der Waals surface area contributed by atoms with Crippen molar-refractivity contribution < 1.29 is 22.8 Å². The van der Waals surface area contributed by atoms with Crippen LogP contribution in [0.15, 0.2) is 4.52 Å². The zero-order chi connectivity index (χ0) is 12.2. The molecule has 16 heavy (non-hydrogen) atoms. The average Bonchev–Trinajstić information content (AvgIpc) is 2.48. The molecular weight excluding hydrogens is 238 g/mol. The summed E-state index contributed by atoms with van der Waals surface area (Å²) >= 11 is 0. The highest BCUT2D eigenvalue weighted by Gasteiger charge is 2.15. The summed E-state index contributed by atoms with van der Waals surface area (Å²) < 4.78 is 29.0. The summed E-state index contributed by atoms with van der Waals surface area (Å²) in [4.78, 5) is 14.1. The van der Waals surface area contributed by atoms with E-state index in [1.54, 1.807) is 6.92 Å². The predicted molar refractivity (Wildman–Crippen MR) is 52.2 cm³/mol. The molecule has 0 saturated carbocycles. The first-order valence-electron chi connectivity index (χ1n) is 4.37. The van der Waals surface area contributed by atoms with Crippen LogP contribution in [0.3, 0.4) is 0 Å². The molecule has 0 atom stereocenters. The van der Waals surface area contributed by atoms with Crippen molar-refractivity contribution >= 4 is 16.0 Å². The number of nitrogens with zero attached hydrogens (tertiary/aromatic N) is 2. The molecule has 1 aromatic heterocycles. The highest BCUT2D eigenvalue weighted by atomic mass is 32.2. The second-order valence-corrected chi connectivity index (χ2v) is 4.83. The van der Waals surface area contributed by atoms with Gasteiger partial charge < -0.3 is 9.63 Å². The fourth-order valence-corrected chi connectivity index (χ4v) is 1.82. The van der Waals surface area contributed by atoms with Gasteiger partial charge in [0, 0.05) is 19.9 Å². The SMILES string of the molecule is Cc1nc(CCNS(=O)(=O)CC(=O)O)no1. The summed E-state index contributed by atoms with van der Waals surface area (Å²) in [5.74, 6) is -1.58. The molecule has 0 aromatic carbocycles. The van der Waals surface area contributed by atoms with Crippen LogP contribution in [-0.4, -0.2) is 41.9 Å². The van der Waals surface area contributed by atoms with Gasteiger partial charge in [-0.1, -0.05) is 5.16 Å². The molecule has 8 nitrogen and oxygen atoms in total. The largest absolute Gasteiger partial charge is 0.480 e. The van der Waals surface area contributed by atoms with Crippen LogP contribution in [0.4, 0.5) is 0 Å². The van der Waals surface area contributed by atoms with Crippen LogP contribution in [0.25, 0.3) is 0 Å².